The van der Waals surface area contributed by atoms with Crippen LogP contribution in [0.4, 0.5) is 10.1 Å². The summed E-state index contributed by atoms with van der Waals surface area (Å²) in [6.07, 6.45) is 2.26. The minimum absolute atomic E-state index is 0.452. The molecule has 0 fully saturated rings. The van der Waals surface area contributed by atoms with Crippen molar-refractivity contribution in [2.24, 2.45) is 5.84 Å². The molecule has 2 aromatic rings. The van der Waals surface area contributed by atoms with Crippen LogP contribution >= 0.6 is 0 Å². The van der Waals surface area contributed by atoms with E-state index in [-0.39, 0.29) is 0 Å². The number of halogens is 1. The number of nitrogen functional groups attached to an aromatic ring is 1. The first-order chi connectivity index (χ1) is 7.29. The Labute approximate surface area is 86.0 Å². The first-order valence-corrected chi connectivity index (χ1v) is 4.34. The first kappa shape index (κ1) is 9.54. The molecule has 1 heterocycles. The highest BCUT2D eigenvalue weighted by molar-refractivity contribution is 5.61. The number of hydrazine groups is 1. The molecule has 0 saturated carbocycles. The van der Waals surface area contributed by atoms with Gasteiger partial charge >= 0.3 is 0 Å². The van der Waals surface area contributed by atoms with Gasteiger partial charge in [0.25, 0.3) is 0 Å². The van der Waals surface area contributed by atoms with Gasteiger partial charge in [-0.25, -0.2) is 14.4 Å². The summed E-state index contributed by atoms with van der Waals surface area (Å²) < 4.78 is 12.6. The van der Waals surface area contributed by atoms with Crippen molar-refractivity contribution in [3.05, 3.63) is 42.5 Å². The van der Waals surface area contributed by atoms with E-state index in [1.54, 1.807) is 6.07 Å². The third-order valence-electron chi connectivity index (χ3n) is 1.91. The molecule has 0 spiro atoms. The van der Waals surface area contributed by atoms with Gasteiger partial charge in [-0.2, -0.15) is 0 Å². The predicted molar refractivity (Wildman–Crippen MR) is 55.2 cm³/mol. The van der Waals surface area contributed by atoms with Gasteiger partial charge in [0, 0.05) is 11.3 Å². The average molecular weight is 204 g/mol. The molecule has 0 atom stereocenters. The fourth-order valence-corrected chi connectivity index (χ4v) is 1.21. The van der Waals surface area contributed by atoms with E-state index in [4.69, 9.17) is 5.84 Å². The topological polar surface area (TPSA) is 63.8 Å². The number of nitrogens with one attached hydrogen (secondary N) is 1. The summed E-state index contributed by atoms with van der Waals surface area (Å²) in [7, 11) is 0. The number of hydrogen-bond acceptors (Lipinski definition) is 4. The number of nitrogens with zero attached hydrogens (tertiary/aromatic N) is 2. The highest BCUT2D eigenvalue weighted by atomic mass is 19.1. The summed E-state index contributed by atoms with van der Waals surface area (Å²) in [6.45, 7) is 0. The molecule has 5 heteroatoms. The van der Waals surface area contributed by atoms with Crippen molar-refractivity contribution in [2.75, 3.05) is 5.43 Å². The summed E-state index contributed by atoms with van der Waals surface area (Å²) >= 11 is 0. The van der Waals surface area contributed by atoms with Gasteiger partial charge in [-0.05, 0) is 12.1 Å². The second-order valence-corrected chi connectivity index (χ2v) is 2.95. The molecular formula is C10H9FN4. The van der Waals surface area contributed by atoms with Crippen molar-refractivity contribution in [1.29, 1.82) is 0 Å². The van der Waals surface area contributed by atoms with Crippen LogP contribution in [0.2, 0.25) is 0 Å². The van der Waals surface area contributed by atoms with Crippen LogP contribution in [0.25, 0.3) is 11.4 Å². The smallest absolute Gasteiger partial charge is 0.159 e. The molecule has 0 radical (unpaired) electrons. The molecule has 0 saturated heterocycles. The summed E-state index contributed by atoms with van der Waals surface area (Å²) in [5, 5.41) is 0. The van der Waals surface area contributed by atoms with E-state index in [1.807, 2.05) is 18.2 Å². The van der Waals surface area contributed by atoms with E-state index >= 15 is 0 Å². The highest BCUT2D eigenvalue weighted by Gasteiger charge is 2.01. The molecule has 0 aliphatic heterocycles. The third kappa shape index (κ3) is 2.08. The minimum atomic E-state index is -0.452. The normalized spacial score (nSPS) is 10.0. The molecule has 4 nitrogen and oxygen atoms in total. The summed E-state index contributed by atoms with van der Waals surface area (Å²) in [5.41, 5.74) is 4.05. The van der Waals surface area contributed by atoms with Gasteiger partial charge in [-0.15, -0.1) is 0 Å². The molecule has 0 amide bonds. The van der Waals surface area contributed by atoms with Gasteiger partial charge < -0.3 is 5.43 Å². The average Bonchev–Trinajstić information content (AvgIpc) is 2.30. The Kier molecular flexibility index (Phi) is 2.55. The molecule has 15 heavy (non-hydrogen) atoms. The summed E-state index contributed by atoms with van der Waals surface area (Å²) in [6, 6.07) is 7.24. The van der Waals surface area contributed by atoms with Crippen LogP contribution < -0.4 is 11.3 Å². The van der Waals surface area contributed by atoms with Crippen molar-refractivity contribution in [3.63, 3.8) is 0 Å². The Bertz CT molecular complexity index is 455. The molecule has 0 bridgehead atoms. The maximum atomic E-state index is 12.6. The second kappa shape index (κ2) is 4.02. The number of hydrogen-bond donors (Lipinski definition) is 2. The zero-order valence-electron chi connectivity index (χ0n) is 7.81. The largest absolute Gasteiger partial charge is 0.324 e. The molecular weight excluding hydrogens is 195 g/mol. The summed E-state index contributed by atoms with van der Waals surface area (Å²) in [5.74, 6) is 5.28. The van der Waals surface area contributed by atoms with Gasteiger partial charge in [0.2, 0.25) is 0 Å². The first-order valence-electron chi connectivity index (χ1n) is 4.34. The van der Waals surface area contributed by atoms with Crippen molar-refractivity contribution >= 4 is 5.69 Å². The van der Waals surface area contributed by atoms with Crippen molar-refractivity contribution in [1.82, 2.24) is 9.97 Å². The number of aromatic nitrogens is 2. The predicted octanol–water partition coefficient (Wildman–Crippen LogP) is 1.57. The third-order valence-corrected chi connectivity index (χ3v) is 1.91. The van der Waals surface area contributed by atoms with Gasteiger partial charge in [0.05, 0.1) is 12.4 Å². The number of rotatable bonds is 2. The van der Waals surface area contributed by atoms with E-state index in [0.717, 1.165) is 23.6 Å². The van der Waals surface area contributed by atoms with Gasteiger partial charge in [-0.3, -0.25) is 5.84 Å². The lowest BCUT2D eigenvalue weighted by Gasteiger charge is -2.02. The monoisotopic (exact) mass is 204 g/mol. The molecule has 76 valence electrons. The van der Waals surface area contributed by atoms with Crippen LogP contribution in [0.3, 0.4) is 0 Å². The van der Waals surface area contributed by atoms with Crippen molar-refractivity contribution in [3.8, 4) is 11.4 Å². The molecule has 2 rings (SSSR count). The van der Waals surface area contributed by atoms with E-state index in [2.05, 4.69) is 15.4 Å². The lowest BCUT2D eigenvalue weighted by Crippen LogP contribution is -2.06. The number of benzene rings is 1. The second-order valence-electron chi connectivity index (χ2n) is 2.95. The van der Waals surface area contributed by atoms with Crippen molar-refractivity contribution < 1.29 is 4.39 Å². The fraction of sp³-hybridized carbons (Fsp3) is 0. The Morgan fingerprint density at radius 3 is 2.60 bits per heavy atom. The molecule has 0 aliphatic rings. The Morgan fingerprint density at radius 1 is 1.20 bits per heavy atom. The van der Waals surface area contributed by atoms with E-state index in [1.165, 1.54) is 0 Å². The lowest BCUT2D eigenvalue weighted by molar-refractivity contribution is 0.614. The zero-order chi connectivity index (χ0) is 10.7. The maximum absolute atomic E-state index is 12.6. The van der Waals surface area contributed by atoms with E-state index in [0.29, 0.717) is 5.82 Å². The van der Waals surface area contributed by atoms with E-state index in [9.17, 15) is 4.39 Å². The summed E-state index contributed by atoms with van der Waals surface area (Å²) in [4.78, 5) is 7.74. The van der Waals surface area contributed by atoms with Crippen LogP contribution in [0, 0.1) is 5.82 Å². The molecule has 3 N–H and O–H groups in total. The Hall–Kier alpha value is -2.01. The van der Waals surface area contributed by atoms with Gasteiger partial charge in [0.15, 0.2) is 11.6 Å². The minimum Gasteiger partial charge on any atom is -0.324 e. The van der Waals surface area contributed by atoms with Crippen LogP contribution in [-0.4, -0.2) is 9.97 Å². The Balaban J connectivity index is 2.40. The molecule has 0 unspecified atom stereocenters. The molecule has 0 aliphatic carbocycles. The SMILES string of the molecule is NNc1cccc(-c2ncc(F)cn2)c1. The number of nitrogens with two attached hydrogens (primary N) is 1. The fourth-order valence-electron chi connectivity index (χ4n) is 1.21. The maximum Gasteiger partial charge on any atom is 0.159 e. The standard InChI is InChI=1S/C10H9FN4/c11-8-5-13-10(14-6-8)7-2-1-3-9(4-7)15-12/h1-6,15H,12H2. The molecule has 1 aromatic carbocycles. The molecule has 1 aromatic heterocycles. The number of anilines is 1. The van der Waals surface area contributed by atoms with E-state index < -0.39 is 5.82 Å². The van der Waals surface area contributed by atoms with Gasteiger partial charge in [0.1, 0.15) is 0 Å². The van der Waals surface area contributed by atoms with Crippen LogP contribution in [0.1, 0.15) is 0 Å². The van der Waals surface area contributed by atoms with Gasteiger partial charge in [-0.1, -0.05) is 12.1 Å². The Morgan fingerprint density at radius 2 is 1.93 bits per heavy atom. The van der Waals surface area contributed by atoms with Crippen molar-refractivity contribution in [2.45, 2.75) is 0 Å². The lowest BCUT2D eigenvalue weighted by atomic mass is 10.2. The zero-order valence-corrected chi connectivity index (χ0v) is 7.81. The van der Waals surface area contributed by atoms with Crippen LogP contribution in [0.15, 0.2) is 36.7 Å². The quantitative estimate of drug-likeness (QED) is 0.575. The highest BCUT2D eigenvalue weighted by Crippen LogP contribution is 2.18. The van der Waals surface area contributed by atoms with Crippen LogP contribution in [-0.2, 0) is 0 Å². The van der Waals surface area contributed by atoms with Crippen LogP contribution in [0.5, 0.6) is 0 Å².